The third kappa shape index (κ3) is 1.88. The van der Waals surface area contributed by atoms with Gasteiger partial charge in [0.05, 0.1) is 0 Å². The Balaban J connectivity index is 2.46. The molecule has 0 fully saturated rings. The van der Waals surface area contributed by atoms with Crippen LogP contribution >= 0.6 is 0 Å². The molecule has 82 valence electrons. The van der Waals surface area contributed by atoms with Gasteiger partial charge in [0, 0.05) is 17.8 Å². The Hall–Kier alpha value is -0.980. The first-order valence-corrected chi connectivity index (χ1v) is 5.97. The smallest absolute Gasteiger partial charge is 0.0406 e. The molecule has 1 aliphatic heterocycles. The molecule has 0 spiro atoms. The molecule has 0 bridgehead atoms. The van der Waals surface area contributed by atoms with Crippen LogP contribution in [0.3, 0.4) is 0 Å². The normalized spacial score (nSPS) is 20.6. The molecule has 1 aliphatic rings. The molecule has 0 saturated heterocycles. The summed E-state index contributed by atoms with van der Waals surface area (Å²) in [5, 5.41) is 0. The summed E-state index contributed by atoms with van der Waals surface area (Å²) in [4.78, 5) is 2.56. The SMILES string of the molecule is Cc1ccc2c(c1)N(C(C)C)C(C)CC2. The lowest BCUT2D eigenvalue weighted by Crippen LogP contribution is -2.42. The van der Waals surface area contributed by atoms with Gasteiger partial charge in [0.1, 0.15) is 0 Å². The van der Waals surface area contributed by atoms with Gasteiger partial charge in [-0.3, -0.25) is 0 Å². The summed E-state index contributed by atoms with van der Waals surface area (Å²) in [6, 6.07) is 8.14. The summed E-state index contributed by atoms with van der Waals surface area (Å²) >= 11 is 0. The van der Waals surface area contributed by atoms with Gasteiger partial charge >= 0.3 is 0 Å². The first-order valence-electron chi connectivity index (χ1n) is 5.97. The van der Waals surface area contributed by atoms with Gasteiger partial charge in [0.2, 0.25) is 0 Å². The second kappa shape index (κ2) is 3.88. The second-order valence-electron chi connectivity index (χ2n) is 5.02. The van der Waals surface area contributed by atoms with Crippen LogP contribution in [0.4, 0.5) is 5.69 Å². The maximum atomic E-state index is 2.56. The molecule has 0 saturated carbocycles. The van der Waals surface area contributed by atoms with E-state index < -0.39 is 0 Å². The van der Waals surface area contributed by atoms with Crippen molar-refractivity contribution in [3.63, 3.8) is 0 Å². The van der Waals surface area contributed by atoms with Crippen molar-refractivity contribution < 1.29 is 0 Å². The fraction of sp³-hybridized carbons (Fsp3) is 0.571. The molecular weight excluding hydrogens is 182 g/mol. The molecule has 15 heavy (non-hydrogen) atoms. The number of nitrogens with zero attached hydrogens (tertiary/aromatic N) is 1. The van der Waals surface area contributed by atoms with Crippen LogP contribution < -0.4 is 4.90 Å². The Bertz CT molecular complexity index is 354. The van der Waals surface area contributed by atoms with E-state index in [1.165, 1.54) is 29.7 Å². The molecule has 1 heterocycles. The summed E-state index contributed by atoms with van der Waals surface area (Å²) in [5.74, 6) is 0. The number of fused-ring (bicyclic) bond motifs is 1. The molecule has 0 amide bonds. The molecular formula is C14H21N. The molecule has 0 aromatic heterocycles. The standard InChI is InChI=1S/C14H21N/c1-10(2)15-12(4)6-8-13-7-5-11(3)9-14(13)15/h5,7,9-10,12H,6,8H2,1-4H3. The Morgan fingerprint density at radius 1 is 1.33 bits per heavy atom. The fourth-order valence-electron chi connectivity index (χ4n) is 2.65. The van der Waals surface area contributed by atoms with Crippen LogP contribution in [0, 0.1) is 6.92 Å². The van der Waals surface area contributed by atoms with Gasteiger partial charge in [-0.1, -0.05) is 12.1 Å². The minimum Gasteiger partial charge on any atom is -0.366 e. The number of benzene rings is 1. The predicted molar refractivity (Wildman–Crippen MR) is 66.6 cm³/mol. The van der Waals surface area contributed by atoms with Crippen molar-refractivity contribution in [1.29, 1.82) is 0 Å². The lowest BCUT2D eigenvalue weighted by Gasteiger charge is -2.40. The molecule has 0 N–H and O–H groups in total. The average molecular weight is 203 g/mol. The van der Waals surface area contributed by atoms with E-state index in [-0.39, 0.29) is 0 Å². The number of hydrogen-bond donors (Lipinski definition) is 0. The zero-order valence-electron chi connectivity index (χ0n) is 10.2. The van der Waals surface area contributed by atoms with Crippen LogP contribution in [0.2, 0.25) is 0 Å². The Kier molecular flexibility index (Phi) is 2.72. The van der Waals surface area contributed by atoms with Gasteiger partial charge in [0.25, 0.3) is 0 Å². The van der Waals surface area contributed by atoms with Gasteiger partial charge in [0.15, 0.2) is 0 Å². The van der Waals surface area contributed by atoms with E-state index >= 15 is 0 Å². The highest BCUT2D eigenvalue weighted by Gasteiger charge is 2.24. The summed E-state index contributed by atoms with van der Waals surface area (Å²) < 4.78 is 0. The van der Waals surface area contributed by atoms with Crippen molar-refractivity contribution in [2.24, 2.45) is 0 Å². The molecule has 2 rings (SSSR count). The van der Waals surface area contributed by atoms with Crippen molar-refractivity contribution in [1.82, 2.24) is 0 Å². The van der Waals surface area contributed by atoms with E-state index in [0.29, 0.717) is 12.1 Å². The Labute approximate surface area is 93.1 Å². The van der Waals surface area contributed by atoms with E-state index in [2.05, 4.69) is 50.8 Å². The minimum absolute atomic E-state index is 0.598. The van der Waals surface area contributed by atoms with E-state index in [0.717, 1.165) is 0 Å². The third-order valence-corrected chi connectivity index (χ3v) is 3.38. The molecule has 1 unspecified atom stereocenters. The highest BCUT2D eigenvalue weighted by atomic mass is 15.2. The Morgan fingerprint density at radius 2 is 2.07 bits per heavy atom. The molecule has 1 aromatic carbocycles. The monoisotopic (exact) mass is 203 g/mol. The van der Waals surface area contributed by atoms with Crippen LogP contribution in [0.5, 0.6) is 0 Å². The van der Waals surface area contributed by atoms with E-state index in [1.54, 1.807) is 0 Å². The van der Waals surface area contributed by atoms with E-state index in [1.807, 2.05) is 0 Å². The molecule has 1 nitrogen and oxygen atoms in total. The zero-order valence-corrected chi connectivity index (χ0v) is 10.2. The summed E-state index contributed by atoms with van der Waals surface area (Å²) in [6.07, 6.45) is 2.52. The van der Waals surface area contributed by atoms with Crippen molar-refractivity contribution in [2.45, 2.75) is 52.6 Å². The number of anilines is 1. The highest BCUT2D eigenvalue weighted by Crippen LogP contribution is 2.32. The van der Waals surface area contributed by atoms with Crippen LogP contribution in [-0.4, -0.2) is 12.1 Å². The average Bonchev–Trinajstić information content (AvgIpc) is 2.16. The number of aryl methyl sites for hydroxylation is 2. The second-order valence-corrected chi connectivity index (χ2v) is 5.02. The predicted octanol–water partition coefficient (Wildman–Crippen LogP) is 3.54. The van der Waals surface area contributed by atoms with E-state index in [9.17, 15) is 0 Å². The minimum atomic E-state index is 0.598. The summed E-state index contributed by atoms with van der Waals surface area (Å²) in [5.41, 5.74) is 4.35. The van der Waals surface area contributed by atoms with Crippen molar-refractivity contribution in [3.05, 3.63) is 29.3 Å². The van der Waals surface area contributed by atoms with Gasteiger partial charge in [-0.15, -0.1) is 0 Å². The van der Waals surface area contributed by atoms with Gasteiger partial charge in [-0.2, -0.15) is 0 Å². The fourth-order valence-corrected chi connectivity index (χ4v) is 2.65. The molecule has 1 atom stereocenters. The summed E-state index contributed by atoms with van der Waals surface area (Å²) in [7, 11) is 0. The van der Waals surface area contributed by atoms with Crippen LogP contribution in [0.15, 0.2) is 18.2 Å². The van der Waals surface area contributed by atoms with Gasteiger partial charge < -0.3 is 4.90 Å². The zero-order chi connectivity index (χ0) is 11.0. The maximum Gasteiger partial charge on any atom is 0.0406 e. The topological polar surface area (TPSA) is 3.24 Å². The lowest BCUT2D eigenvalue weighted by molar-refractivity contribution is 0.520. The molecule has 0 aliphatic carbocycles. The lowest BCUT2D eigenvalue weighted by atomic mass is 9.94. The Morgan fingerprint density at radius 3 is 2.73 bits per heavy atom. The van der Waals surface area contributed by atoms with Gasteiger partial charge in [-0.25, -0.2) is 0 Å². The largest absolute Gasteiger partial charge is 0.366 e. The van der Waals surface area contributed by atoms with Crippen LogP contribution in [0.1, 0.15) is 38.3 Å². The van der Waals surface area contributed by atoms with Crippen LogP contribution in [0.25, 0.3) is 0 Å². The quantitative estimate of drug-likeness (QED) is 0.674. The first-order chi connectivity index (χ1) is 7.09. The third-order valence-electron chi connectivity index (χ3n) is 3.38. The van der Waals surface area contributed by atoms with E-state index in [4.69, 9.17) is 0 Å². The molecule has 0 radical (unpaired) electrons. The van der Waals surface area contributed by atoms with Crippen molar-refractivity contribution in [2.75, 3.05) is 4.90 Å². The van der Waals surface area contributed by atoms with Crippen molar-refractivity contribution >= 4 is 5.69 Å². The number of rotatable bonds is 1. The number of hydrogen-bond acceptors (Lipinski definition) is 1. The molecule has 1 heteroatoms. The maximum absolute atomic E-state index is 2.56. The van der Waals surface area contributed by atoms with Gasteiger partial charge in [-0.05, 0) is 57.7 Å². The highest BCUT2D eigenvalue weighted by molar-refractivity contribution is 5.58. The van der Waals surface area contributed by atoms with Crippen molar-refractivity contribution in [3.8, 4) is 0 Å². The van der Waals surface area contributed by atoms with Crippen LogP contribution in [-0.2, 0) is 6.42 Å². The molecule has 1 aromatic rings. The summed E-state index contributed by atoms with van der Waals surface area (Å²) in [6.45, 7) is 9.09. The first kappa shape index (κ1) is 10.5.